The average molecular weight is 283 g/mol. The van der Waals surface area contributed by atoms with Crippen molar-refractivity contribution in [3.63, 3.8) is 0 Å². The molecule has 106 valence electrons. The summed E-state index contributed by atoms with van der Waals surface area (Å²) < 4.78 is 0. The van der Waals surface area contributed by atoms with E-state index >= 15 is 0 Å². The van der Waals surface area contributed by atoms with Gasteiger partial charge in [0.1, 0.15) is 0 Å². The van der Waals surface area contributed by atoms with E-state index in [9.17, 15) is 4.79 Å². The molecule has 2 rings (SSSR count). The summed E-state index contributed by atoms with van der Waals surface area (Å²) in [5.41, 5.74) is 7.55. The summed E-state index contributed by atoms with van der Waals surface area (Å²) in [4.78, 5) is 14.4. The van der Waals surface area contributed by atoms with E-state index in [0.717, 1.165) is 43.6 Å². The second-order valence-electron chi connectivity index (χ2n) is 5.21. The zero-order chi connectivity index (χ0) is 13.0. The molecule has 0 bridgehead atoms. The van der Waals surface area contributed by atoms with E-state index in [1.807, 2.05) is 36.1 Å². The number of nitrogens with two attached hydrogens (primary N) is 1. The van der Waals surface area contributed by atoms with E-state index < -0.39 is 0 Å². The summed E-state index contributed by atoms with van der Waals surface area (Å²) in [6, 6.07) is 7.84. The predicted molar refractivity (Wildman–Crippen MR) is 80.7 cm³/mol. The van der Waals surface area contributed by atoms with Crippen molar-refractivity contribution in [2.75, 3.05) is 19.6 Å². The third kappa shape index (κ3) is 4.22. The first-order chi connectivity index (χ1) is 8.70. The van der Waals surface area contributed by atoms with Crippen LogP contribution >= 0.6 is 12.4 Å². The van der Waals surface area contributed by atoms with Crippen LogP contribution in [0.2, 0.25) is 0 Å². The number of carbonyl (C=O) groups excluding carboxylic acids is 1. The largest absolute Gasteiger partial charge is 0.338 e. The van der Waals surface area contributed by atoms with Crippen LogP contribution in [-0.2, 0) is 0 Å². The molecule has 1 saturated heterocycles. The van der Waals surface area contributed by atoms with Crippen molar-refractivity contribution in [3.8, 4) is 0 Å². The molecule has 1 aromatic rings. The molecule has 0 spiro atoms. The van der Waals surface area contributed by atoms with Gasteiger partial charge >= 0.3 is 0 Å². The Kier molecular flexibility index (Phi) is 6.32. The highest BCUT2D eigenvalue weighted by Gasteiger charge is 2.23. The number of carbonyl (C=O) groups is 1. The fourth-order valence-electron chi connectivity index (χ4n) is 2.68. The number of nitrogens with zero attached hydrogens (tertiary/aromatic N) is 1. The Hall–Kier alpha value is -1.06. The molecule has 1 amide bonds. The molecule has 1 atom stereocenters. The first kappa shape index (κ1) is 16.0. The van der Waals surface area contributed by atoms with Gasteiger partial charge in [-0.1, -0.05) is 17.7 Å². The van der Waals surface area contributed by atoms with E-state index in [2.05, 4.69) is 0 Å². The summed E-state index contributed by atoms with van der Waals surface area (Å²) in [7, 11) is 0. The van der Waals surface area contributed by atoms with E-state index in [0.29, 0.717) is 5.92 Å². The van der Waals surface area contributed by atoms with Gasteiger partial charge in [0.15, 0.2) is 0 Å². The second-order valence-corrected chi connectivity index (χ2v) is 5.21. The van der Waals surface area contributed by atoms with Crippen LogP contribution in [0.4, 0.5) is 0 Å². The van der Waals surface area contributed by atoms with Gasteiger partial charge in [-0.3, -0.25) is 4.79 Å². The molecule has 1 aliphatic heterocycles. The van der Waals surface area contributed by atoms with Crippen molar-refractivity contribution in [3.05, 3.63) is 35.4 Å². The topological polar surface area (TPSA) is 46.3 Å². The summed E-state index contributed by atoms with van der Waals surface area (Å²) in [5.74, 6) is 0.748. The number of aryl methyl sites for hydroxylation is 1. The lowest BCUT2D eigenvalue weighted by Crippen LogP contribution is -2.40. The molecule has 0 saturated carbocycles. The molecular formula is C15H23ClN2O. The molecule has 0 aliphatic carbocycles. The van der Waals surface area contributed by atoms with Gasteiger partial charge in [-0.15, -0.1) is 12.4 Å². The van der Waals surface area contributed by atoms with Crippen LogP contribution in [0, 0.1) is 12.8 Å². The monoisotopic (exact) mass is 282 g/mol. The zero-order valence-corrected chi connectivity index (χ0v) is 12.3. The van der Waals surface area contributed by atoms with Crippen LogP contribution < -0.4 is 5.73 Å². The summed E-state index contributed by atoms with van der Waals surface area (Å²) in [6.45, 7) is 4.49. The predicted octanol–water partition coefficient (Wildman–Crippen LogP) is 2.62. The third-order valence-electron chi connectivity index (χ3n) is 3.65. The van der Waals surface area contributed by atoms with Gasteiger partial charge in [0.2, 0.25) is 0 Å². The molecule has 1 aliphatic rings. The smallest absolute Gasteiger partial charge is 0.253 e. The number of hydrogen-bond acceptors (Lipinski definition) is 2. The number of hydrogen-bond donors (Lipinski definition) is 1. The Morgan fingerprint density at radius 2 is 2.26 bits per heavy atom. The number of benzene rings is 1. The minimum absolute atomic E-state index is 0. The van der Waals surface area contributed by atoms with Gasteiger partial charge in [0.05, 0.1) is 0 Å². The fraction of sp³-hybridized carbons (Fsp3) is 0.533. The second kappa shape index (κ2) is 7.51. The highest BCUT2D eigenvalue weighted by molar-refractivity contribution is 5.94. The molecule has 2 N–H and O–H groups in total. The maximum Gasteiger partial charge on any atom is 0.253 e. The van der Waals surface area contributed by atoms with E-state index in [-0.39, 0.29) is 18.3 Å². The van der Waals surface area contributed by atoms with Crippen LogP contribution in [0.3, 0.4) is 0 Å². The SMILES string of the molecule is Cc1cccc(C(=O)N2CCCC(CCN)C2)c1.Cl. The molecule has 0 radical (unpaired) electrons. The summed E-state index contributed by atoms with van der Waals surface area (Å²) >= 11 is 0. The van der Waals surface area contributed by atoms with Gasteiger partial charge in [-0.05, 0) is 50.8 Å². The minimum atomic E-state index is 0. The first-order valence-corrected chi connectivity index (χ1v) is 6.76. The number of likely N-dealkylation sites (tertiary alicyclic amines) is 1. The number of rotatable bonds is 3. The van der Waals surface area contributed by atoms with E-state index in [1.165, 1.54) is 6.42 Å². The van der Waals surface area contributed by atoms with Crippen molar-refractivity contribution < 1.29 is 4.79 Å². The Balaban J connectivity index is 0.00000180. The van der Waals surface area contributed by atoms with Gasteiger partial charge in [-0.2, -0.15) is 0 Å². The molecular weight excluding hydrogens is 260 g/mol. The van der Waals surface area contributed by atoms with Gasteiger partial charge < -0.3 is 10.6 Å². The van der Waals surface area contributed by atoms with Crippen molar-refractivity contribution in [1.82, 2.24) is 4.90 Å². The summed E-state index contributed by atoms with van der Waals surface area (Å²) in [5, 5.41) is 0. The standard InChI is InChI=1S/C15H22N2O.ClH/c1-12-4-2-6-14(10-12)15(18)17-9-3-5-13(11-17)7-8-16;/h2,4,6,10,13H,3,5,7-9,11,16H2,1H3;1H. The Morgan fingerprint density at radius 3 is 2.95 bits per heavy atom. The highest BCUT2D eigenvalue weighted by Crippen LogP contribution is 2.21. The molecule has 3 nitrogen and oxygen atoms in total. The maximum absolute atomic E-state index is 12.4. The molecule has 1 aromatic carbocycles. The number of piperidine rings is 1. The highest BCUT2D eigenvalue weighted by atomic mass is 35.5. The van der Waals surface area contributed by atoms with Crippen molar-refractivity contribution in [1.29, 1.82) is 0 Å². The van der Waals surface area contributed by atoms with E-state index in [1.54, 1.807) is 0 Å². The molecule has 4 heteroatoms. The van der Waals surface area contributed by atoms with Crippen LogP contribution in [-0.4, -0.2) is 30.4 Å². The Labute approximate surface area is 121 Å². The van der Waals surface area contributed by atoms with Crippen molar-refractivity contribution in [2.45, 2.75) is 26.2 Å². The average Bonchev–Trinajstić information content (AvgIpc) is 2.39. The molecule has 1 heterocycles. The molecule has 1 unspecified atom stereocenters. The lowest BCUT2D eigenvalue weighted by molar-refractivity contribution is 0.0669. The lowest BCUT2D eigenvalue weighted by Gasteiger charge is -2.32. The number of halogens is 1. The lowest BCUT2D eigenvalue weighted by atomic mass is 9.94. The van der Waals surface area contributed by atoms with Crippen LogP contribution in [0.1, 0.15) is 35.2 Å². The van der Waals surface area contributed by atoms with Gasteiger partial charge in [0, 0.05) is 18.7 Å². The Morgan fingerprint density at radius 1 is 1.47 bits per heavy atom. The molecule has 1 fully saturated rings. The van der Waals surface area contributed by atoms with E-state index in [4.69, 9.17) is 5.73 Å². The minimum Gasteiger partial charge on any atom is -0.338 e. The van der Waals surface area contributed by atoms with Crippen LogP contribution in [0.5, 0.6) is 0 Å². The van der Waals surface area contributed by atoms with Gasteiger partial charge in [-0.25, -0.2) is 0 Å². The van der Waals surface area contributed by atoms with Gasteiger partial charge in [0.25, 0.3) is 5.91 Å². The maximum atomic E-state index is 12.4. The van der Waals surface area contributed by atoms with Crippen molar-refractivity contribution >= 4 is 18.3 Å². The summed E-state index contributed by atoms with van der Waals surface area (Å²) in [6.07, 6.45) is 3.33. The Bertz CT molecular complexity index is 420. The zero-order valence-electron chi connectivity index (χ0n) is 11.5. The first-order valence-electron chi connectivity index (χ1n) is 6.76. The van der Waals surface area contributed by atoms with Crippen LogP contribution in [0.15, 0.2) is 24.3 Å². The molecule has 19 heavy (non-hydrogen) atoms. The number of amides is 1. The quantitative estimate of drug-likeness (QED) is 0.926. The normalized spacial score (nSPS) is 18.8. The van der Waals surface area contributed by atoms with Crippen molar-refractivity contribution in [2.24, 2.45) is 11.7 Å². The third-order valence-corrected chi connectivity index (χ3v) is 3.65. The fourth-order valence-corrected chi connectivity index (χ4v) is 2.68. The van der Waals surface area contributed by atoms with Crippen LogP contribution in [0.25, 0.3) is 0 Å². The molecule has 0 aromatic heterocycles.